The molecule has 0 atom stereocenters. The molecule has 0 unspecified atom stereocenters. The number of pyridine rings is 1. The van der Waals surface area contributed by atoms with E-state index in [4.69, 9.17) is 15.5 Å². The Labute approximate surface area is 362 Å². The van der Waals surface area contributed by atoms with Crippen molar-refractivity contribution in [2.75, 3.05) is 0 Å². The number of aryl methyl sites for hydroxylation is 4. The molecule has 0 radical (unpaired) electrons. The quantitative estimate of drug-likeness (QED) is 0.167. The average Bonchev–Trinajstić information content (AvgIpc) is 3.63. The van der Waals surface area contributed by atoms with Crippen LogP contribution in [0.3, 0.4) is 0 Å². The maximum absolute atomic E-state index is 11.8. The molecule has 0 fully saturated rings. The number of rotatable bonds is 8. The molecular weight excluding hydrogens is 731 g/mol. The standard InChI is InChI=1S/C56H57N3O/c1-33(2)45-14-12-15-46(34(3)4)52(45)41-22-23-50(37(7)28-41)59-51-17-13-16-47(53(51)58-55(59)48-27-36(6)26-38(8)54(48)60)42-29-43(31-44(30-42)56(9,10)11)49-32-40(24-25-57-49)39-20-18-35(5)19-21-39/h12-34,60H,1-11H3/i7D3,33D. The Bertz CT molecular complexity index is 3070. The molecule has 2 heterocycles. The monoisotopic (exact) mass is 791 g/mol. The maximum Gasteiger partial charge on any atom is 0.149 e. The number of para-hydroxylation sites is 1. The van der Waals surface area contributed by atoms with E-state index >= 15 is 0 Å². The summed E-state index contributed by atoms with van der Waals surface area (Å²) in [7, 11) is 0. The zero-order valence-corrected chi connectivity index (χ0v) is 36.5. The fourth-order valence-electron chi connectivity index (χ4n) is 8.44. The number of imidazole rings is 1. The minimum atomic E-state index is -2.54. The van der Waals surface area contributed by atoms with Gasteiger partial charge in [0.05, 0.1) is 28.0 Å². The smallest absolute Gasteiger partial charge is 0.149 e. The molecule has 8 aromatic rings. The lowest BCUT2D eigenvalue weighted by atomic mass is 9.83. The van der Waals surface area contributed by atoms with Gasteiger partial charge in [0, 0.05) is 22.8 Å². The molecule has 4 nitrogen and oxygen atoms in total. The van der Waals surface area contributed by atoms with Crippen LogP contribution in [0.4, 0.5) is 0 Å². The Morgan fingerprint density at radius 3 is 2.08 bits per heavy atom. The van der Waals surface area contributed by atoms with Gasteiger partial charge in [-0.05, 0) is 155 Å². The summed E-state index contributed by atoms with van der Waals surface area (Å²) in [5.74, 6) is -0.289. The van der Waals surface area contributed by atoms with E-state index < -0.39 is 12.7 Å². The van der Waals surface area contributed by atoms with E-state index in [1.807, 2.05) is 93.1 Å². The fraction of sp³-hybridized carbons (Fsp3) is 0.250. The van der Waals surface area contributed by atoms with Crippen LogP contribution in [0.2, 0.25) is 0 Å². The van der Waals surface area contributed by atoms with Crippen molar-refractivity contribution in [2.24, 2.45) is 0 Å². The molecule has 0 bridgehead atoms. The fourth-order valence-corrected chi connectivity index (χ4v) is 8.44. The first-order valence-electron chi connectivity index (χ1n) is 22.9. The van der Waals surface area contributed by atoms with Gasteiger partial charge in [-0.3, -0.25) is 9.55 Å². The summed E-state index contributed by atoms with van der Waals surface area (Å²) >= 11 is 0. The Morgan fingerprint density at radius 1 is 0.650 bits per heavy atom. The van der Waals surface area contributed by atoms with E-state index in [9.17, 15) is 5.11 Å². The van der Waals surface area contributed by atoms with Crippen molar-refractivity contribution in [3.63, 3.8) is 0 Å². The van der Waals surface area contributed by atoms with Crippen molar-refractivity contribution in [3.05, 3.63) is 166 Å². The number of phenolic OH excluding ortho intramolecular Hbond substituents is 1. The Kier molecular flexibility index (Phi) is 9.35. The van der Waals surface area contributed by atoms with E-state index in [0.29, 0.717) is 33.7 Å². The first kappa shape index (κ1) is 35.7. The summed E-state index contributed by atoms with van der Waals surface area (Å²) in [5.41, 5.74) is 15.5. The third kappa shape index (κ3) is 7.56. The zero-order chi connectivity index (χ0) is 46.0. The Balaban J connectivity index is 1.41. The van der Waals surface area contributed by atoms with Gasteiger partial charge in [-0.2, -0.15) is 0 Å². The molecule has 0 aliphatic heterocycles. The molecule has 2 aromatic heterocycles. The van der Waals surface area contributed by atoms with Crippen LogP contribution in [0.5, 0.6) is 5.75 Å². The third-order valence-corrected chi connectivity index (χ3v) is 11.7. The summed E-state index contributed by atoms with van der Waals surface area (Å²) in [6, 6.07) is 40.8. The van der Waals surface area contributed by atoms with Crippen molar-refractivity contribution in [3.8, 4) is 67.5 Å². The van der Waals surface area contributed by atoms with Crippen LogP contribution in [0.15, 0.2) is 128 Å². The summed E-state index contributed by atoms with van der Waals surface area (Å²) in [6.07, 6.45) is 1.86. The van der Waals surface area contributed by atoms with E-state index in [0.717, 1.165) is 66.9 Å². The number of phenols is 1. The highest BCUT2D eigenvalue weighted by Gasteiger charge is 2.24. The van der Waals surface area contributed by atoms with E-state index in [2.05, 4.69) is 102 Å². The predicted octanol–water partition coefficient (Wildman–Crippen LogP) is 15.2. The van der Waals surface area contributed by atoms with Crippen LogP contribution in [0.1, 0.15) is 105 Å². The highest BCUT2D eigenvalue weighted by atomic mass is 16.3. The summed E-state index contributed by atoms with van der Waals surface area (Å²) in [5, 5.41) is 11.8. The molecule has 0 aliphatic rings. The zero-order valence-electron chi connectivity index (χ0n) is 40.5. The molecule has 0 amide bonds. The van der Waals surface area contributed by atoms with Crippen molar-refractivity contribution in [1.29, 1.82) is 0 Å². The predicted molar refractivity (Wildman–Crippen MR) is 254 cm³/mol. The molecule has 1 N–H and O–H groups in total. The molecule has 0 saturated heterocycles. The first-order valence-corrected chi connectivity index (χ1v) is 20.9. The number of benzene rings is 6. The van der Waals surface area contributed by atoms with Gasteiger partial charge in [-0.15, -0.1) is 0 Å². The largest absolute Gasteiger partial charge is 0.507 e. The molecule has 6 aromatic carbocycles. The van der Waals surface area contributed by atoms with Crippen molar-refractivity contribution in [1.82, 2.24) is 14.5 Å². The average molecular weight is 792 g/mol. The molecule has 0 spiro atoms. The van der Waals surface area contributed by atoms with Crippen molar-refractivity contribution >= 4 is 11.0 Å². The number of hydrogen-bond acceptors (Lipinski definition) is 3. The summed E-state index contributed by atoms with van der Waals surface area (Å²) in [6.45, 7) is 18.0. The van der Waals surface area contributed by atoms with Gasteiger partial charge in [0.15, 0.2) is 0 Å². The van der Waals surface area contributed by atoms with Crippen molar-refractivity contribution < 1.29 is 10.6 Å². The van der Waals surface area contributed by atoms with Gasteiger partial charge in [0.25, 0.3) is 0 Å². The molecule has 0 saturated carbocycles. The van der Waals surface area contributed by atoms with E-state index in [1.165, 1.54) is 5.56 Å². The Hall–Kier alpha value is -6.26. The molecule has 4 heteroatoms. The lowest BCUT2D eigenvalue weighted by molar-refractivity contribution is 0.472. The lowest BCUT2D eigenvalue weighted by Crippen LogP contribution is -2.11. The summed E-state index contributed by atoms with van der Waals surface area (Å²) in [4.78, 5) is 10.3. The normalized spacial score (nSPS) is 13.3. The van der Waals surface area contributed by atoms with E-state index in [-0.39, 0.29) is 22.6 Å². The van der Waals surface area contributed by atoms with Crippen LogP contribution in [-0.2, 0) is 5.41 Å². The van der Waals surface area contributed by atoms with Crippen LogP contribution in [-0.4, -0.2) is 19.6 Å². The molecule has 302 valence electrons. The van der Waals surface area contributed by atoms with Crippen LogP contribution in [0.25, 0.3) is 72.7 Å². The van der Waals surface area contributed by atoms with Gasteiger partial charge >= 0.3 is 0 Å². The minimum Gasteiger partial charge on any atom is -0.507 e. The molecular formula is C56H57N3O. The number of aromatic nitrogens is 3. The SMILES string of the molecule is [2H]C([2H])([2H])c1cc(-c2c(C(C)C)cccc2C([2H])(C)C)ccc1-n1c(-c2cc(C)cc(C)c2O)nc2c(-c3cc(-c4cc(-c5ccc(C)cc5)ccn4)cc(C(C)(C)C)c3)cccc21. The van der Waals surface area contributed by atoms with Gasteiger partial charge in [-0.25, -0.2) is 4.98 Å². The molecule has 60 heavy (non-hydrogen) atoms. The molecule has 8 rings (SSSR count). The highest BCUT2D eigenvalue weighted by molar-refractivity contribution is 5.97. The maximum atomic E-state index is 11.8. The van der Waals surface area contributed by atoms with Gasteiger partial charge in [0.1, 0.15) is 11.6 Å². The highest BCUT2D eigenvalue weighted by Crippen LogP contribution is 2.43. The number of fused-ring (bicyclic) bond motifs is 1. The second kappa shape index (κ2) is 15.7. The number of hydrogen-bond donors (Lipinski definition) is 1. The van der Waals surface area contributed by atoms with Crippen molar-refractivity contribution in [2.45, 2.75) is 93.3 Å². The summed E-state index contributed by atoms with van der Waals surface area (Å²) < 4.78 is 38.1. The topological polar surface area (TPSA) is 50.9 Å². The molecule has 0 aliphatic carbocycles. The van der Waals surface area contributed by atoms with Crippen LogP contribution >= 0.6 is 0 Å². The number of nitrogens with zero attached hydrogens (tertiary/aromatic N) is 3. The second-order valence-electron chi connectivity index (χ2n) is 17.9. The number of aromatic hydroxyl groups is 1. The lowest BCUT2D eigenvalue weighted by Gasteiger charge is -2.22. The van der Waals surface area contributed by atoms with Crippen LogP contribution in [0, 0.1) is 27.6 Å². The first-order chi connectivity index (χ1) is 30.1. The Morgan fingerprint density at radius 2 is 1.37 bits per heavy atom. The van der Waals surface area contributed by atoms with Gasteiger partial charge in [0.2, 0.25) is 0 Å². The van der Waals surface area contributed by atoms with Gasteiger partial charge < -0.3 is 5.11 Å². The van der Waals surface area contributed by atoms with Gasteiger partial charge in [-0.1, -0.05) is 127 Å². The second-order valence-corrected chi connectivity index (χ2v) is 17.9. The third-order valence-electron chi connectivity index (χ3n) is 11.7. The minimum absolute atomic E-state index is 0.0838. The van der Waals surface area contributed by atoms with Crippen LogP contribution < -0.4 is 0 Å². The van der Waals surface area contributed by atoms with E-state index in [1.54, 1.807) is 6.07 Å².